The first-order valence-corrected chi connectivity index (χ1v) is 44.5. The highest BCUT2D eigenvalue weighted by atomic mass is 32.1. The molecule has 138 heavy (non-hydrogen) atoms. The first-order chi connectivity index (χ1) is 66.6. The molecule has 4 fully saturated rings. The smallest absolute Gasteiger partial charge is 0.322 e. The second-order valence-electron chi connectivity index (χ2n) is 34.0. The maximum absolute atomic E-state index is 13.7. The van der Waals surface area contributed by atoms with E-state index in [2.05, 4.69) is 94.5 Å². The van der Waals surface area contributed by atoms with Gasteiger partial charge in [0.1, 0.15) is 58.3 Å². The van der Waals surface area contributed by atoms with Gasteiger partial charge in [0.15, 0.2) is 33.5 Å². The van der Waals surface area contributed by atoms with Crippen molar-refractivity contribution in [1.29, 1.82) is 0 Å². The van der Waals surface area contributed by atoms with Gasteiger partial charge in [-0.2, -0.15) is 0 Å². The van der Waals surface area contributed by atoms with Crippen molar-refractivity contribution in [1.82, 2.24) is 111 Å². The first-order valence-electron chi connectivity index (χ1n) is 42.8. The quantitative estimate of drug-likeness (QED) is 0.0329. The zero-order chi connectivity index (χ0) is 95.5. The van der Waals surface area contributed by atoms with E-state index in [4.69, 9.17) is 0 Å². The average molecular weight is 1890 g/mol. The van der Waals surface area contributed by atoms with Gasteiger partial charge in [0.25, 0.3) is 47.3 Å². The highest BCUT2D eigenvalue weighted by Crippen LogP contribution is 2.41. The Morgan fingerprint density at radius 2 is 0.572 bits per heavy atom. The number of benzene rings is 10. The van der Waals surface area contributed by atoms with Crippen LogP contribution in [0.15, 0.2) is 243 Å². The molecule has 8 aliphatic heterocycles. The third-order valence-electron chi connectivity index (χ3n) is 25.7. The standard InChI is InChI=1S/2C25H17FN4O3S.2C24H18FN7O3/c2*26-18-7-3-16-11-30(22(31)19(16)10-18)12-25(23(32)28-24(33)29-25)17-5-1-14(2-6-17)15-4-8-20-21(9-15)34-13-27-20;2*1-31-12-28-19-18(26-11-27-20(19)31)13-2-5-15(6-3-13)24(22(34)29-23(35)30-24)10-32-9-14-4-7-16(25)8-17(14)21(32)33/h2*1-10,13H,11-12H2,(H2,28,29,32,33);2*2-8,11-12H,9-10H2,1H3,(H2,29,30,34,35)/t2*25-;2*24-/m1010/s1. The second-order valence-corrected chi connectivity index (χ2v) is 35.8. The second kappa shape index (κ2) is 33.9. The minimum atomic E-state index is -1.50. The van der Waals surface area contributed by atoms with Crippen LogP contribution in [0.1, 0.15) is 85.9 Å². The van der Waals surface area contributed by atoms with Gasteiger partial charge in [-0.15, -0.1) is 22.7 Å². The van der Waals surface area contributed by atoms with Crippen LogP contribution in [-0.4, -0.2) is 166 Å². The molecule has 4 saturated heterocycles. The molecular weight excluding hydrogens is 1820 g/mol. The predicted octanol–water partition coefficient (Wildman–Crippen LogP) is 11.3. The molecule has 14 heterocycles. The van der Waals surface area contributed by atoms with Gasteiger partial charge in [0.2, 0.25) is 0 Å². The van der Waals surface area contributed by atoms with Crippen molar-refractivity contribution in [3.05, 3.63) is 333 Å². The molecule has 0 bridgehead atoms. The van der Waals surface area contributed by atoms with Crippen LogP contribution in [0.5, 0.6) is 0 Å². The number of carbonyl (C=O) groups excluding carboxylic acids is 12. The summed E-state index contributed by atoms with van der Waals surface area (Å²) in [4.78, 5) is 193. The molecule has 16 aromatic rings. The van der Waals surface area contributed by atoms with Crippen molar-refractivity contribution in [3.8, 4) is 44.8 Å². The monoisotopic (exact) mass is 1890 g/mol. The van der Waals surface area contributed by atoms with Gasteiger partial charge in [-0.1, -0.05) is 133 Å². The van der Waals surface area contributed by atoms with Crippen molar-refractivity contribution in [2.75, 3.05) is 26.2 Å². The van der Waals surface area contributed by atoms with Gasteiger partial charge in [-0.3, -0.25) is 59.6 Å². The highest BCUT2D eigenvalue weighted by molar-refractivity contribution is 7.17. The van der Waals surface area contributed by atoms with Gasteiger partial charge in [-0.25, -0.2) is 76.6 Å². The van der Waals surface area contributed by atoms with E-state index in [0.717, 1.165) is 53.8 Å². The Hall–Kier alpha value is -17.6. The van der Waals surface area contributed by atoms with Gasteiger partial charge in [-0.05, 0) is 140 Å². The van der Waals surface area contributed by atoms with Gasteiger partial charge < -0.3 is 50.0 Å². The molecular formula is C98H70F4N22O12S2. The van der Waals surface area contributed by atoms with Crippen LogP contribution in [0.3, 0.4) is 0 Å². The lowest BCUT2D eigenvalue weighted by atomic mass is 9.88. The van der Waals surface area contributed by atoms with E-state index >= 15 is 0 Å². The molecule has 10 aromatic carbocycles. The van der Waals surface area contributed by atoms with Crippen LogP contribution in [0.4, 0.5) is 36.7 Å². The molecule has 6 aromatic heterocycles. The number of hydrogen-bond acceptors (Lipinski definition) is 22. The van der Waals surface area contributed by atoms with Crippen molar-refractivity contribution >= 4 is 137 Å². The number of nitrogens with zero attached hydrogens (tertiary/aromatic N) is 14. The fourth-order valence-corrected chi connectivity index (χ4v) is 20.1. The largest absolute Gasteiger partial charge is 0.331 e. The Morgan fingerprint density at radius 3 is 0.841 bits per heavy atom. The number of amides is 16. The minimum absolute atomic E-state index is 0.0775. The first kappa shape index (κ1) is 87.1. The van der Waals surface area contributed by atoms with Crippen LogP contribution >= 0.6 is 22.7 Å². The van der Waals surface area contributed by atoms with Crippen molar-refractivity contribution in [2.45, 2.75) is 48.3 Å². The van der Waals surface area contributed by atoms with Crippen molar-refractivity contribution < 1.29 is 75.1 Å². The summed E-state index contributed by atoms with van der Waals surface area (Å²) < 4.78 is 60.5. The van der Waals surface area contributed by atoms with Crippen LogP contribution in [0.2, 0.25) is 0 Å². The molecule has 0 spiro atoms. The number of thiazole rings is 2. The Balaban J connectivity index is 0.000000110. The van der Waals surface area contributed by atoms with Gasteiger partial charge in [0.05, 0.1) is 70.3 Å². The molecule has 4 atom stereocenters. The van der Waals surface area contributed by atoms with E-state index in [1.807, 2.05) is 62.6 Å². The number of aryl methyl sites for hydroxylation is 2. The number of fused-ring (bicyclic) bond motifs is 8. The zero-order valence-corrected chi connectivity index (χ0v) is 73.9. The van der Waals surface area contributed by atoms with Crippen LogP contribution in [-0.2, 0) is 81.6 Å². The Morgan fingerprint density at radius 1 is 0.304 bits per heavy atom. The van der Waals surface area contributed by atoms with Gasteiger partial charge in [0, 0.05) is 73.7 Å². The Kier molecular flexibility index (Phi) is 21.4. The molecule has 0 aliphatic carbocycles. The molecule has 40 heteroatoms. The number of carbonyl (C=O) groups is 12. The third kappa shape index (κ3) is 15.3. The lowest BCUT2D eigenvalue weighted by Gasteiger charge is -2.31. The maximum atomic E-state index is 13.7. The molecule has 684 valence electrons. The van der Waals surface area contributed by atoms with E-state index in [1.165, 1.54) is 80.8 Å². The van der Waals surface area contributed by atoms with E-state index in [0.29, 0.717) is 78.2 Å². The summed E-state index contributed by atoms with van der Waals surface area (Å²) in [6.07, 6.45) is 6.22. The Labute approximate surface area is 784 Å². The van der Waals surface area contributed by atoms with Gasteiger partial charge >= 0.3 is 24.1 Å². The molecule has 0 unspecified atom stereocenters. The van der Waals surface area contributed by atoms with E-state index < -0.39 is 105 Å². The predicted molar refractivity (Wildman–Crippen MR) is 492 cm³/mol. The van der Waals surface area contributed by atoms with Crippen LogP contribution in [0.25, 0.3) is 87.5 Å². The number of nitrogens with one attached hydrogen (secondary N) is 8. The molecule has 0 saturated carbocycles. The molecule has 34 nitrogen and oxygen atoms in total. The van der Waals surface area contributed by atoms with E-state index in [9.17, 15) is 75.1 Å². The number of urea groups is 4. The fourth-order valence-electron chi connectivity index (χ4n) is 18.7. The average Bonchev–Trinajstić information content (AvgIpc) is 1.59. The molecule has 8 aliphatic rings. The van der Waals surface area contributed by atoms with E-state index in [1.54, 1.807) is 153 Å². The molecule has 24 rings (SSSR count). The lowest BCUT2D eigenvalue weighted by Crippen LogP contribution is -2.52. The van der Waals surface area contributed by atoms with Crippen molar-refractivity contribution in [2.24, 2.45) is 14.1 Å². The summed E-state index contributed by atoms with van der Waals surface area (Å²) in [6.45, 7) is 0.483. The number of hydrogen-bond donors (Lipinski definition) is 8. The summed E-state index contributed by atoms with van der Waals surface area (Å²) in [7, 11) is 3.68. The molecule has 0 radical (unpaired) electrons. The van der Waals surface area contributed by atoms with Crippen LogP contribution < -0.4 is 42.5 Å². The van der Waals surface area contributed by atoms with Crippen molar-refractivity contribution in [3.63, 3.8) is 0 Å². The fraction of sp³-hybridized carbons (Fsp3) is 0.143. The van der Waals surface area contributed by atoms with Crippen LogP contribution in [0, 0.1) is 23.3 Å². The molecule has 8 N–H and O–H groups in total. The number of imide groups is 4. The SMILES string of the molecule is Cn1cnc2c(-c3ccc([C@@]4(CN5Cc6ccc(F)cc6C5=O)NC(=O)NC4=O)cc3)ncnc21.Cn1cnc2c(-c3ccc([C@]4(CN5Cc6ccc(F)cc6C5=O)NC(=O)NC4=O)cc3)ncnc21.O=C1NC(=O)[C@@](CN2Cc3ccc(F)cc3C2=O)(c2ccc(-c3ccc4ncsc4c3)cc2)N1.O=C1NC(=O)[C@](CN2Cc3ccc(F)cc3C2=O)(c2ccc(-c3ccc4ncsc4c3)cc2)N1. The third-order valence-corrected chi connectivity index (χ3v) is 27.2. The number of imidazole rings is 2. The summed E-state index contributed by atoms with van der Waals surface area (Å²) in [5.41, 5.74) is 14.7. The zero-order valence-electron chi connectivity index (χ0n) is 72.2. The lowest BCUT2D eigenvalue weighted by molar-refractivity contribution is -0.125. The molecule has 16 amide bonds. The minimum Gasteiger partial charge on any atom is -0.331 e. The maximum Gasteiger partial charge on any atom is 0.322 e. The number of halogens is 4. The topological polar surface area (TPSA) is 427 Å². The summed E-state index contributed by atoms with van der Waals surface area (Å²) in [6, 6.07) is 54.3. The highest BCUT2D eigenvalue weighted by Gasteiger charge is 2.55. The normalized spacial score (nSPS) is 19.3. The number of aromatic nitrogens is 10. The summed E-state index contributed by atoms with van der Waals surface area (Å²) in [5.74, 6) is -5.78. The van der Waals surface area contributed by atoms with E-state index in [-0.39, 0.29) is 86.4 Å². The summed E-state index contributed by atoms with van der Waals surface area (Å²) in [5, 5.41) is 20.0. The summed E-state index contributed by atoms with van der Waals surface area (Å²) >= 11 is 3.12. The Bertz CT molecular complexity index is 7480. The number of rotatable bonds is 16.